The number of fused-ring (bicyclic) bond motifs is 2. The third-order valence-electron chi connectivity index (χ3n) is 5.48. The summed E-state index contributed by atoms with van der Waals surface area (Å²) in [6.45, 7) is 0.323. The van der Waals surface area contributed by atoms with Crippen molar-refractivity contribution in [2.75, 3.05) is 13.6 Å². The zero-order valence-electron chi connectivity index (χ0n) is 17.6. The van der Waals surface area contributed by atoms with Gasteiger partial charge in [-0.15, -0.1) is 0 Å². The van der Waals surface area contributed by atoms with Crippen LogP contribution >= 0.6 is 15.9 Å². The average Bonchev–Trinajstić information content (AvgIpc) is 3.59. The van der Waals surface area contributed by atoms with Gasteiger partial charge in [0, 0.05) is 21.8 Å². The Hall–Kier alpha value is -4.22. The number of halogens is 1. The van der Waals surface area contributed by atoms with Crippen molar-refractivity contribution in [2.45, 2.75) is 0 Å². The van der Waals surface area contributed by atoms with Crippen LogP contribution in [0.3, 0.4) is 0 Å². The molecule has 0 amide bonds. The number of rotatable bonds is 4. The van der Waals surface area contributed by atoms with Gasteiger partial charge in [-0.1, -0.05) is 34.1 Å². The maximum Gasteiger partial charge on any atom is 0.238 e. The van der Waals surface area contributed by atoms with Crippen LogP contribution in [-0.2, 0) is 0 Å². The summed E-state index contributed by atoms with van der Waals surface area (Å²) < 4.78 is 29.1. The monoisotopic (exact) mass is 514 g/mol. The Balaban J connectivity index is 1.52. The summed E-state index contributed by atoms with van der Waals surface area (Å²) in [5.74, 6) is 3.25. The van der Waals surface area contributed by atoms with Gasteiger partial charge in [0.25, 0.3) is 0 Å². The van der Waals surface area contributed by atoms with Gasteiger partial charge in [-0.25, -0.2) is 4.99 Å². The van der Waals surface area contributed by atoms with Crippen molar-refractivity contribution in [2.24, 2.45) is 4.99 Å². The molecule has 0 saturated carbocycles. The normalized spacial score (nSPS) is 13.4. The van der Waals surface area contributed by atoms with Crippen LogP contribution in [0.5, 0.6) is 23.0 Å². The summed E-state index contributed by atoms with van der Waals surface area (Å²) >= 11 is 3.46. The maximum atomic E-state index is 10.1. The van der Waals surface area contributed by atoms with Gasteiger partial charge < -0.3 is 23.4 Å². The van der Waals surface area contributed by atoms with E-state index in [-0.39, 0.29) is 19.5 Å². The molecule has 0 bridgehead atoms. The van der Waals surface area contributed by atoms with Crippen molar-refractivity contribution < 1.29 is 23.4 Å². The minimum absolute atomic E-state index is 0.159. The predicted molar refractivity (Wildman–Crippen MR) is 128 cm³/mol. The molecular weight excluding hydrogens is 500 g/mol. The Morgan fingerprint density at radius 1 is 0.824 bits per heavy atom. The van der Waals surface area contributed by atoms with Crippen molar-refractivity contribution in [3.63, 3.8) is 0 Å². The number of hydrogen-bond donors (Lipinski definition) is 0. The molecule has 8 heteroatoms. The predicted octanol–water partition coefficient (Wildman–Crippen LogP) is 6.46. The Bertz CT molecular complexity index is 1500. The number of hydrogen-bond acceptors (Lipinski definition) is 7. The van der Waals surface area contributed by atoms with Gasteiger partial charge in [0.05, 0.1) is 0 Å². The van der Waals surface area contributed by atoms with Crippen molar-refractivity contribution in [1.29, 1.82) is 5.26 Å². The molecular formula is C26H15BrN2O5. The second-order valence-electron chi connectivity index (χ2n) is 7.55. The smallest absolute Gasteiger partial charge is 0.238 e. The zero-order valence-corrected chi connectivity index (χ0v) is 19.2. The third-order valence-corrected chi connectivity index (χ3v) is 5.97. The van der Waals surface area contributed by atoms with E-state index in [0.717, 1.165) is 21.2 Å². The van der Waals surface area contributed by atoms with Gasteiger partial charge in [-0.05, 0) is 53.6 Å². The number of ether oxygens (including phenoxy) is 4. The van der Waals surface area contributed by atoms with Gasteiger partial charge in [-0.3, -0.25) is 0 Å². The average molecular weight is 515 g/mol. The van der Waals surface area contributed by atoms with Crippen LogP contribution < -0.4 is 18.9 Å². The molecule has 0 radical (unpaired) electrons. The molecule has 6 rings (SSSR count). The topological polar surface area (TPSA) is 86.2 Å². The molecule has 0 aliphatic carbocycles. The van der Waals surface area contributed by atoms with Crippen LogP contribution in [0.2, 0.25) is 0 Å². The van der Waals surface area contributed by atoms with E-state index in [0.29, 0.717) is 39.9 Å². The first-order chi connectivity index (χ1) is 16.7. The number of aliphatic imine (C=N–C) groups is 1. The first-order valence-electron chi connectivity index (χ1n) is 10.4. The summed E-state index contributed by atoms with van der Waals surface area (Å²) in [5, 5.41) is 10.1. The van der Waals surface area contributed by atoms with Crippen LogP contribution in [0.25, 0.3) is 22.5 Å². The highest BCUT2D eigenvalue weighted by atomic mass is 79.9. The number of furan rings is 1. The lowest BCUT2D eigenvalue weighted by Gasteiger charge is -2.06. The summed E-state index contributed by atoms with van der Waals surface area (Å²) in [6, 6.07) is 21.0. The molecule has 0 fully saturated rings. The highest BCUT2D eigenvalue weighted by Gasteiger charge is 2.26. The molecule has 0 spiro atoms. The fourth-order valence-electron chi connectivity index (χ4n) is 3.90. The number of benzene rings is 3. The lowest BCUT2D eigenvalue weighted by molar-refractivity contribution is 0.173. The molecule has 3 heterocycles. The van der Waals surface area contributed by atoms with E-state index >= 15 is 0 Å². The summed E-state index contributed by atoms with van der Waals surface area (Å²) in [6.07, 6.45) is 1.66. The van der Waals surface area contributed by atoms with Crippen molar-refractivity contribution in [1.82, 2.24) is 0 Å². The highest BCUT2D eigenvalue weighted by Crippen LogP contribution is 2.47. The summed E-state index contributed by atoms with van der Waals surface area (Å²) in [4.78, 5) is 4.52. The molecule has 7 nitrogen and oxygen atoms in total. The Kier molecular flexibility index (Phi) is 4.97. The van der Waals surface area contributed by atoms with Crippen LogP contribution in [0.15, 0.2) is 74.5 Å². The maximum absolute atomic E-state index is 10.1. The number of nitriles is 1. The fourth-order valence-corrected chi connectivity index (χ4v) is 4.32. The molecule has 166 valence electrons. The second-order valence-corrected chi connectivity index (χ2v) is 8.46. The van der Waals surface area contributed by atoms with Gasteiger partial charge >= 0.3 is 0 Å². The molecule has 2 aliphatic rings. The van der Waals surface area contributed by atoms with E-state index in [4.69, 9.17) is 23.4 Å². The van der Waals surface area contributed by atoms with Gasteiger partial charge in [-0.2, -0.15) is 5.26 Å². The third kappa shape index (κ3) is 3.56. The largest absolute Gasteiger partial charge is 0.454 e. The van der Waals surface area contributed by atoms with E-state index in [1.165, 1.54) is 0 Å². The first kappa shape index (κ1) is 20.4. The van der Waals surface area contributed by atoms with Crippen LogP contribution in [-0.4, -0.2) is 19.8 Å². The Morgan fingerprint density at radius 2 is 1.50 bits per heavy atom. The highest BCUT2D eigenvalue weighted by molar-refractivity contribution is 9.10. The zero-order chi connectivity index (χ0) is 23.1. The second kappa shape index (κ2) is 8.28. The molecule has 34 heavy (non-hydrogen) atoms. The molecule has 4 aromatic rings. The van der Waals surface area contributed by atoms with Crippen LogP contribution in [0.4, 0.5) is 5.88 Å². The SMILES string of the molecule is N#Cc1c(N=Cc2cccc(Br)c2)oc(-c2ccc3c(c2)OCO3)c1-c1ccc2c(c1)OCO2. The van der Waals surface area contributed by atoms with Crippen LogP contribution in [0, 0.1) is 11.3 Å². The van der Waals surface area contributed by atoms with E-state index in [2.05, 4.69) is 27.0 Å². The van der Waals surface area contributed by atoms with E-state index < -0.39 is 0 Å². The standard InChI is InChI=1S/C26H15BrN2O5/c27-18-3-1-2-15(8-18)12-29-26-19(11-28)24(16-4-6-20-22(9-16)32-13-30-20)25(34-26)17-5-7-21-23(10-17)33-14-31-21/h1-10,12H,13-14H2. The Morgan fingerprint density at radius 3 is 2.21 bits per heavy atom. The molecule has 0 saturated heterocycles. The molecule has 0 N–H and O–H groups in total. The molecule has 3 aromatic carbocycles. The van der Waals surface area contributed by atoms with E-state index in [9.17, 15) is 5.26 Å². The van der Waals surface area contributed by atoms with Crippen LogP contribution in [0.1, 0.15) is 11.1 Å². The summed E-state index contributed by atoms with van der Waals surface area (Å²) in [7, 11) is 0. The van der Waals surface area contributed by atoms with Crippen molar-refractivity contribution in [3.05, 3.63) is 76.3 Å². The van der Waals surface area contributed by atoms with E-state index in [1.54, 1.807) is 6.21 Å². The first-order valence-corrected chi connectivity index (χ1v) is 11.2. The van der Waals surface area contributed by atoms with Gasteiger partial charge in [0.1, 0.15) is 17.4 Å². The Labute approximate surface area is 202 Å². The van der Waals surface area contributed by atoms with Gasteiger partial charge in [0.15, 0.2) is 23.0 Å². The number of nitrogens with zero attached hydrogens (tertiary/aromatic N) is 2. The minimum Gasteiger partial charge on any atom is -0.454 e. The molecule has 0 unspecified atom stereocenters. The lowest BCUT2D eigenvalue weighted by atomic mass is 9.97. The minimum atomic E-state index is 0.159. The molecule has 0 atom stereocenters. The quantitative estimate of drug-likeness (QED) is 0.290. The van der Waals surface area contributed by atoms with Gasteiger partial charge in [0.2, 0.25) is 19.5 Å². The molecule has 1 aromatic heterocycles. The van der Waals surface area contributed by atoms with Crippen molar-refractivity contribution >= 4 is 28.0 Å². The molecule has 2 aliphatic heterocycles. The fraction of sp³-hybridized carbons (Fsp3) is 0.0769. The van der Waals surface area contributed by atoms with Crippen molar-refractivity contribution in [3.8, 4) is 51.5 Å². The van der Waals surface area contributed by atoms with E-state index in [1.807, 2.05) is 60.7 Å². The summed E-state index contributed by atoms with van der Waals surface area (Å²) in [5.41, 5.74) is 3.28. The lowest BCUT2D eigenvalue weighted by Crippen LogP contribution is -1.93.